The molecule has 0 aromatic heterocycles. The molecule has 1 aliphatic rings. The molecule has 0 spiro atoms. The van der Waals surface area contributed by atoms with Crippen LogP contribution in [0.5, 0.6) is 5.75 Å². The Kier molecular flexibility index (Phi) is 4.76. The zero-order valence-corrected chi connectivity index (χ0v) is 12.9. The molecule has 4 nitrogen and oxygen atoms in total. The molecular formula is C18H18FN2O2. The van der Waals surface area contributed by atoms with E-state index in [2.05, 4.69) is 28.4 Å². The lowest BCUT2D eigenvalue weighted by Gasteiger charge is -2.27. The molecule has 2 aromatic carbocycles. The molecule has 1 aliphatic heterocycles. The van der Waals surface area contributed by atoms with Crippen LogP contribution in [0, 0.1) is 5.82 Å². The summed E-state index contributed by atoms with van der Waals surface area (Å²) in [6.45, 7) is 1.88. The number of benzene rings is 2. The van der Waals surface area contributed by atoms with Gasteiger partial charge in [-0.05, 0) is 17.7 Å². The maximum atomic E-state index is 13.7. The summed E-state index contributed by atoms with van der Waals surface area (Å²) < 4.78 is 23.8. The Bertz CT molecular complexity index is 676. The minimum absolute atomic E-state index is 0.0229. The summed E-state index contributed by atoms with van der Waals surface area (Å²) in [6, 6.07) is 15.0. The normalized spacial score (nSPS) is 16.2. The quantitative estimate of drug-likeness (QED) is 0.821. The number of rotatable bonds is 6. The second kappa shape index (κ2) is 7.13. The van der Waals surface area contributed by atoms with Crippen LogP contribution in [0.3, 0.4) is 0 Å². The molecule has 2 aromatic rings. The van der Waals surface area contributed by atoms with E-state index in [0.717, 1.165) is 5.69 Å². The summed E-state index contributed by atoms with van der Waals surface area (Å²) in [6.07, 6.45) is 2.54. The summed E-state index contributed by atoms with van der Waals surface area (Å²) in [5.74, 6) is -0.134. The lowest BCUT2D eigenvalue weighted by molar-refractivity contribution is 0.327. The first-order valence-electron chi connectivity index (χ1n) is 7.45. The molecule has 119 valence electrons. The Morgan fingerprint density at radius 3 is 2.83 bits per heavy atom. The highest BCUT2D eigenvalue weighted by molar-refractivity contribution is 5.53. The van der Waals surface area contributed by atoms with Crippen molar-refractivity contribution in [3.63, 3.8) is 0 Å². The minimum Gasteiger partial charge on any atom is -0.494 e. The number of ether oxygens (including phenoxy) is 2. The summed E-state index contributed by atoms with van der Waals surface area (Å²) in [5.41, 5.74) is 2.05. The van der Waals surface area contributed by atoms with Crippen LogP contribution in [0.1, 0.15) is 5.56 Å². The van der Waals surface area contributed by atoms with Crippen molar-refractivity contribution in [2.45, 2.75) is 12.6 Å². The van der Waals surface area contributed by atoms with E-state index in [1.165, 1.54) is 18.7 Å². The summed E-state index contributed by atoms with van der Waals surface area (Å²) in [7, 11) is 1.47. The Morgan fingerprint density at radius 1 is 1.30 bits per heavy atom. The van der Waals surface area contributed by atoms with E-state index in [4.69, 9.17) is 9.47 Å². The van der Waals surface area contributed by atoms with Gasteiger partial charge in [0.1, 0.15) is 12.6 Å². The van der Waals surface area contributed by atoms with Crippen LogP contribution >= 0.6 is 0 Å². The second-order valence-electron chi connectivity index (χ2n) is 5.37. The first kappa shape index (κ1) is 15.3. The van der Waals surface area contributed by atoms with Crippen LogP contribution in [0.4, 0.5) is 10.1 Å². The summed E-state index contributed by atoms with van der Waals surface area (Å²) >= 11 is 0. The van der Waals surface area contributed by atoms with E-state index >= 15 is 0 Å². The Hall–Kier alpha value is -2.56. The molecule has 0 bridgehead atoms. The van der Waals surface area contributed by atoms with Crippen molar-refractivity contribution in [1.29, 1.82) is 0 Å². The smallest absolute Gasteiger partial charge is 0.273 e. The van der Waals surface area contributed by atoms with Gasteiger partial charge in [-0.2, -0.15) is 0 Å². The maximum absolute atomic E-state index is 13.7. The molecule has 5 heteroatoms. The highest BCUT2D eigenvalue weighted by atomic mass is 19.1. The lowest BCUT2D eigenvalue weighted by atomic mass is 10.1. The molecule has 1 unspecified atom stereocenters. The van der Waals surface area contributed by atoms with Gasteiger partial charge in [0, 0.05) is 24.8 Å². The summed E-state index contributed by atoms with van der Waals surface area (Å²) in [4.78, 5) is 6.32. The van der Waals surface area contributed by atoms with E-state index in [0.29, 0.717) is 19.7 Å². The van der Waals surface area contributed by atoms with Crippen molar-refractivity contribution in [2.75, 3.05) is 25.2 Å². The van der Waals surface area contributed by atoms with E-state index < -0.39 is 0 Å². The fourth-order valence-corrected chi connectivity index (χ4v) is 2.54. The number of hydrogen-bond acceptors (Lipinski definition) is 4. The zero-order valence-electron chi connectivity index (χ0n) is 12.9. The molecular weight excluding hydrogens is 295 g/mol. The predicted molar refractivity (Wildman–Crippen MR) is 87.6 cm³/mol. The highest BCUT2D eigenvalue weighted by Gasteiger charge is 2.19. The van der Waals surface area contributed by atoms with Crippen LogP contribution < -0.4 is 9.64 Å². The molecule has 23 heavy (non-hydrogen) atoms. The molecule has 0 saturated heterocycles. The van der Waals surface area contributed by atoms with Crippen LogP contribution in [-0.2, 0) is 11.3 Å². The standard InChI is InChI=1S/C18H18FN2O2/c1-22-18-9-16(7-8-17(18)19)21(11-15-12-23-13-20-15)10-14-5-3-2-4-6-14/h2-9,15H,10-12H2,1H3. The van der Waals surface area contributed by atoms with Crippen molar-refractivity contribution in [3.05, 3.63) is 59.9 Å². The van der Waals surface area contributed by atoms with Gasteiger partial charge in [-0.15, -0.1) is 0 Å². The van der Waals surface area contributed by atoms with E-state index in [-0.39, 0.29) is 17.6 Å². The van der Waals surface area contributed by atoms with Crippen LogP contribution in [0.25, 0.3) is 0 Å². The van der Waals surface area contributed by atoms with Gasteiger partial charge in [-0.1, -0.05) is 30.3 Å². The first-order valence-corrected chi connectivity index (χ1v) is 7.45. The maximum Gasteiger partial charge on any atom is 0.273 e. The molecule has 3 rings (SSSR count). The van der Waals surface area contributed by atoms with Gasteiger partial charge in [-0.25, -0.2) is 9.38 Å². The third-order valence-electron chi connectivity index (χ3n) is 3.72. The Morgan fingerprint density at radius 2 is 2.13 bits per heavy atom. The molecule has 1 atom stereocenters. The topological polar surface area (TPSA) is 34.1 Å². The third-order valence-corrected chi connectivity index (χ3v) is 3.72. The Balaban J connectivity index is 1.85. The molecule has 1 heterocycles. The predicted octanol–water partition coefficient (Wildman–Crippen LogP) is 3.15. The zero-order chi connectivity index (χ0) is 16.1. The average molecular weight is 313 g/mol. The van der Waals surface area contributed by atoms with Gasteiger partial charge in [0.05, 0.1) is 7.11 Å². The number of aliphatic imine (C=N–C) groups is 1. The molecule has 0 aliphatic carbocycles. The average Bonchev–Trinajstić information content (AvgIpc) is 3.09. The fourth-order valence-electron chi connectivity index (χ4n) is 2.54. The van der Waals surface area contributed by atoms with Crippen LogP contribution in [-0.4, -0.2) is 32.7 Å². The SMILES string of the molecule is COc1cc(N(Cc2ccccc2)CC2CO[C]=N2)ccc1F. The van der Waals surface area contributed by atoms with Crippen molar-refractivity contribution in [3.8, 4) is 5.75 Å². The minimum atomic E-state index is -0.369. The van der Waals surface area contributed by atoms with Gasteiger partial charge in [0.15, 0.2) is 11.6 Å². The monoisotopic (exact) mass is 313 g/mol. The molecule has 1 radical (unpaired) electrons. The third kappa shape index (κ3) is 3.80. The van der Waals surface area contributed by atoms with Gasteiger partial charge in [0.25, 0.3) is 6.40 Å². The van der Waals surface area contributed by atoms with Gasteiger partial charge in [0.2, 0.25) is 0 Å². The molecule has 0 N–H and O–H groups in total. The molecule has 0 amide bonds. The fraction of sp³-hybridized carbons (Fsp3) is 0.278. The van der Waals surface area contributed by atoms with E-state index in [1.54, 1.807) is 12.1 Å². The highest BCUT2D eigenvalue weighted by Crippen LogP contribution is 2.26. The van der Waals surface area contributed by atoms with Crippen molar-refractivity contribution in [2.24, 2.45) is 4.99 Å². The van der Waals surface area contributed by atoms with Crippen molar-refractivity contribution < 1.29 is 13.9 Å². The molecule has 0 saturated carbocycles. The number of anilines is 1. The number of nitrogens with zero attached hydrogens (tertiary/aromatic N) is 2. The van der Waals surface area contributed by atoms with Crippen molar-refractivity contribution in [1.82, 2.24) is 0 Å². The Labute approximate surface area is 135 Å². The lowest BCUT2D eigenvalue weighted by Crippen LogP contribution is -2.32. The van der Waals surface area contributed by atoms with Gasteiger partial charge < -0.3 is 14.4 Å². The van der Waals surface area contributed by atoms with Gasteiger partial charge >= 0.3 is 0 Å². The van der Waals surface area contributed by atoms with Gasteiger partial charge in [-0.3, -0.25) is 0 Å². The first-order chi connectivity index (χ1) is 11.3. The van der Waals surface area contributed by atoms with E-state index in [9.17, 15) is 4.39 Å². The summed E-state index contributed by atoms with van der Waals surface area (Å²) in [5, 5.41) is 0. The largest absolute Gasteiger partial charge is 0.494 e. The number of hydrogen-bond donors (Lipinski definition) is 0. The molecule has 0 fully saturated rings. The van der Waals surface area contributed by atoms with Crippen LogP contribution in [0.2, 0.25) is 0 Å². The number of methoxy groups -OCH3 is 1. The second-order valence-corrected chi connectivity index (χ2v) is 5.37. The van der Waals surface area contributed by atoms with Crippen LogP contribution in [0.15, 0.2) is 53.5 Å². The number of halogens is 1. The van der Waals surface area contributed by atoms with E-state index in [1.807, 2.05) is 18.2 Å². The van der Waals surface area contributed by atoms with Crippen molar-refractivity contribution >= 4 is 12.1 Å².